The Bertz CT molecular complexity index is 361. The van der Waals surface area contributed by atoms with Crippen LogP contribution in [-0.2, 0) is 16.5 Å². The third kappa shape index (κ3) is 3.45. The van der Waals surface area contributed by atoms with Crippen LogP contribution >= 0.6 is 0 Å². The van der Waals surface area contributed by atoms with Crippen LogP contribution in [0.15, 0.2) is 30.3 Å². The molecule has 0 saturated carbocycles. The molecule has 1 aromatic rings. The van der Waals surface area contributed by atoms with Gasteiger partial charge in [-0.2, -0.15) is 0 Å². The first-order valence-corrected chi connectivity index (χ1v) is 13.1. The predicted molar refractivity (Wildman–Crippen MR) is 76.6 cm³/mol. The first kappa shape index (κ1) is 13.4. The molecule has 0 bridgehead atoms. The van der Waals surface area contributed by atoms with Crippen LogP contribution in [0.1, 0.15) is 0 Å². The van der Waals surface area contributed by atoms with Crippen molar-refractivity contribution >= 4 is 42.3 Å². The molecule has 2 rings (SSSR count). The minimum Gasteiger partial charge on any atom is -0.425 e. The van der Waals surface area contributed by atoms with Crippen molar-refractivity contribution in [2.45, 2.75) is 19.6 Å². The van der Waals surface area contributed by atoms with Gasteiger partial charge >= 0.3 is 8.80 Å². The highest BCUT2D eigenvalue weighted by molar-refractivity contribution is 6.90. The number of benzene rings is 1. The maximum absolute atomic E-state index is 6.28. The Labute approximate surface area is 109 Å². The molecule has 0 unspecified atom stereocenters. The predicted octanol–water partition coefficient (Wildman–Crippen LogP) is -0.255. The van der Waals surface area contributed by atoms with Gasteiger partial charge in [0.15, 0.2) is 8.32 Å². The van der Waals surface area contributed by atoms with E-state index in [1.54, 1.807) is 0 Å². The summed E-state index contributed by atoms with van der Waals surface area (Å²) in [7, 11) is -6.16. The van der Waals surface area contributed by atoms with Gasteiger partial charge in [0, 0.05) is 5.19 Å². The molecular formula is C9H18O4Si4. The fourth-order valence-electron chi connectivity index (χ4n) is 1.64. The van der Waals surface area contributed by atoms with Crippen molar-refractivity contribution in [2.24, 2.45) is 0 Å². The fraction of sp³-hybridized carbons (Fsp3) is 0.333. The zero-order valence-electron chi connectivity index (χ0n) is 10.4. The van der Waals surface area contributed by atoms with Crippen LogP contribution in [0.4, 0.5) is 0 Å². The highest BCUT2D eigenvalue weighted by Crippen LogP contribution is 2.18. The van der Waals surface area contributed by atoms with E-state index in [0.29, 0.717) is 0 Å². The van der Waals surface area contributed by atoms with Gasteiger partial charge in [0.1, 0.15) is 0 Å². The summed E-state index contributed by atoms with van der Waals surface area (Å²) in [6.45, 7) is 6.49. The van der Waals surface area contributed by atoms with Crippen molar-refractivity contribution in [3.63, 3.8) is 0 Å². The standard InChI is InChI=1S/C9H18O4Si4/c1-16(2,3)13-17(11-14-10-15-12-17)9-7-5-4-6-8-9/h4-8H,14-15H2,1-3H3. The first-order valence-electron chi connectivity index (χ1n) is 5.63. The number of hydrogen-bond donors (Lipinski definition) is 0. The van der Waals surface area contributed by atoms with Crippen LogP contribution in [0.2, 0.25) is 19.6 Å². The smallest absolute Gasteiger partial charge is 0.425 e. The van der Waals surface area contributed by atoms with Crippen LogP contribution < -0.4 is 5.19 Å². The monoisotopic (exact) mass is 302 g/mol. The summed E-state index contributed by atoms with van der Waals surface area (Å²) in [6, 6.07) is 10.1. The molecule has 0 aromatic heterocycles. The highest BCUT2D eigenvalue weighted by atomic mass is 28.5. The van der Waals surface area contributed by atoms with Crippen LogP contribution in [0.3, 0.4) is 0 Å². The Morgan fingerprint density at radius 1 is 1.06 bits per heavy atom. The van der Waals surface area contributed by atoms with E-state index in [4.69, 9.17) is 16.5 Å². The minimum atomic E-state index is -2.63. The van der Waals surface area contributed by atoms with Crippen LogP contribution in [0.25, 0.3) is 0 Å². The molecule has 4 nitrogen and oxygen atoms in total. The molecule has 0 spiro atoms. The summed E-state index contributed by atoms with van der Waals surface area (Å²) in [5, 5.41) is 1.07. The quantitative estimate of drug-likeness (QED) is 0.721. The summed E-state index contributed by atoms with van der Waals surface area (Å²) in [5.41, 5.74) is 0. The maximum Gasteiger partial charge on any atom is 0.508 e. The number of rotatable bonds is 3. The molecule has 0 radical (unpaired) electrons. The summed E-state index contributed by atoms with van der Waals surface area (Å²) < 4.78 is 23.5. The van der Waals surface area contributed by atoms with E-state index in [2.05, 4.69) is 19.6 Å². The molecule has 94 valence electrons. The molecular weight excluding hydrogens is 284 g/mol. The molecule has 17 heavy (non-hydrogen) atoms. The molecule has 1 aromatic carbocycles. The molecule has 0 aliphatic carbocycles. The summed E-state index contributed by atoms with van der Waals surface area (Å²) in [4.78, 5) is 0. The molecule has 8 heteroatoms. The van der Waals surface area contributed by atoms with Gasteiger partial charge in [0.05, 0.1) is 0 Å². The third-order valence-corrected chi connectivity index (χ3v) is 12.1. The SMILES string of the molecule is C[Si](C)(C)O[Si]1(c2ccccc2)O[SiH2]O[SiH2]O1. The van der Waals surface area contributed by atoms with Gasteiger partial charge < -0.3 is 16.5 Å². The zero-order valence-corrected chi connectivity index (χ0v) is 15.3. The Hall–Kier alpha value is -0.0725. The molecule has 0 N–H and O–H groups in total. The van der Waals surface area contributed by atoms with Crippen LogP contribution in [0.5, 0.6) is 0 Å². The lowest BCUT2D eigenvalue weighted by Gasteiger charge is -2.38. The van der Waals surface area contributed by atoms with E-state index in [1.807, 2.05) is 30.3 Å². The van der Waals surface area contributed by atoms with Gasteiger partial charge in [-0.15, -0.1) is 0 Å². The van der Waals surface area contributed by atoms with Crippen LogP contribution in [-0.4, -0.2) is 37.1 Å². The largest absolute Gasteiger partial charge is 0.508 e. The van der Waals surface area contributed by atoms with Gasteiger partial charge in [-0.05, 0) is 19.6 Å². The number of hydrogen-bond acceptors (Lipinski definition) is 4. The molecule has 1 saturated heterocycles. The van der Waals surface area contributed by atoms with E-state index < -0.39 is 37.1 Å². The van der Waals surface area contributed by atoms with E-state index in [1.165, 1.54) is 0 Å². The fourth-order valence-corrected chi connectivity index (χ4v) is 13.6. The summed E-state index contributed by atoms with van der Waals surface area (Å²) in [6.07, 6.45) is 0. The molecule has 1 aliphatic rings. The van der Waals surface area contributed by atoms with Gasteiger partial charge in [0.25, 0.3) is 20.0 Å². The average molecular weight is 303 g/mol. The lowest BCUT2D eigenvalue weighted by Crippen LogP contribution is -2.64. The van der Waals surface area contributed by atoms with Crippen molar-refractivity contribution in [3.8, 4) is 0 Å². The summed E-state index contributed by atoms with van der Waals surface area (Å²) in [5.74, 6) is 0. The highest BCUT2D eigenvalue weighted by Gasteiger charge is 2.48. The van der Waals surface area contributed by atoms with Crippen molar-refractivity contribution in [1.29, 1.82) is 0 Å². The van der Waals surface area contributed by atoms with Crippen LogP contribution in [0, 0.1) is 0 Å². The van der Waals surface area contributed by atoms with Crippen molar-refractivity contribution in [3.05, 3.63) is 30.3 Å². The molecule has 1 heterocycles. The van der Waals surface area contributed by atoms with Gasteiger partial charge in [-0.1, -0.05) is 30.3 Å². The Morgan fingerprint density at radius 2 is 1.65 bits per heavy atom. The van der Waals surface area contributed by atoms with E-state index in [-0.39, 0.29) is 0 Å². The molecule has 0 amide bonds. The lowest BCUT2D eigenvalue weighted by atomic mass is 10.4. The second kappa shape index (κ2) is 5.28. The second-order valence-corrected chi connectivity index (χ2v) is 16.0. The van der Waals surface area contributed by atoms with E-state index in [0.717, 1.165) is 5.19 Å². The average Bonchev–Trinajstić information content (AvgIpc) is 2.29. The van der Waals surface area contributed by atoms with Gasteiger partial charge in [-0.3, -0.25) is 0 Å². The van der Waals surface area contributed by atoms with Gasteiger partial charge in [0.2, 0.25) is 0 Å². The first-order chi connectivity index (χ1) is 8.02. The molecule has 0 atom stereocenters. The Balaban J connectivity index is 2.30. The second-order valence-electron chi connectivity index (χ2n) is 4.87. The van der Waals surface area contributed by atoms with Crippen molar-refractivity contribution < 1.29 is 16.5 Å². The topological polar surface area (TPSA) is 36.9 Å². The maximum atomic E-state index is 6.28. The summed E-state index contributed by atoms with van der Waals surface area (Å²) >= 11 is 0. The third-order valence-electron chi connectivity index (χ3n) is 2.23. The Morgan fingerprint density at radius 3 is 2.18 bits per heavy atom. The molecule has 1 aliphatic heterocycles. The van der Waals surface area contributed by atoms with E-state index >= 15 is 0 Å². The lowest BCUT2D eigenvalue weighted by molar-refractivity contribution is 0.226. The van der Waals surface area contributed by atoms with Gasteiger partial charge in [-0.25, -0.2) is 0 Å². The normalized spacial score (nSPS) is 28.6. The van der Waals surface area contributed by atoms with Crippen molar-refractivity contribution in [2.75, 3.05) is 0 Å². The van der Waals surface area contributed by atoms with Crippen molar-refractivity contribution in [1.82, 2.24) is 0 Å². The zero-order chi connectivity index (χ0) is 12.4. The van der Waals surface area contributed by atoms with E-state index in [9.17, 15) is 0 Å². The minimum absolute atomic E-state index is 0.913. The molecule has 1 fully saturated rings. The Kier molecular flexibility index (Phi) is 4.15.